The Morgan fingerprint density at radius 2 is 1.52 bits per heavy atom. The van der Waals surface area contributed by atoms with E-state index in [1.54, 1.807) is 0 Å². The lowest BCUT2D eigenvalue weighted by Gasteiger charge is -2.06. The van der Waals surface area contributed by atoms with Gasteiger partial charge in [-0.3, -0.25) is 19.8 Å². The molecule has 0 aliphatic heterocycles. The van der Waals surface area contributed by atoms with Gasteiger partial charge < -0.3 is 37.8 Å². The molecule has 0 bridgehead atoms. The van der Waals surface area contributed by atoms with Crippen LogP contribution in [0.2, 0.25) is 0 Å². The lowest BCUT2D eigenvalue weighted by atomic mass is 10.2. The van der Waals surface area contributed by atoms with E-state index in [0.717, 1.165) is 0 Å². The lowest BCUT2D eigenvalue weighted by Crippen LogP contribution is -2.34. The Balaban J connectivity index is 0. The normalized spacial score (nSPS) is 12.3. The third-order valence-electron chi connectivity index (χ3n) is 2.04. The number of guanidine groups is 1. The average molecular weight is 307 g/mol. The summed E-state index contributed by atoms with van der Waals surface area (Å²) in [6, 6.07) is -2.11. The topological polar surface area (TPSA) is 226 Å². The smallest absolute Gasteiger partial charge is 0.321 e. The summed E-state index contributed by atoms with van der Waals surface area (Å²) >= 11 is 0. The van der Waals surface area contributed by atoms with Crippen molar-refractivity contribution in [2.75, 3.05) is 6.54 Å². The number of carboxylic acid groups (broad SMARTS) is 3. The van der Waals surface area contributed by atoms with Crippen LogP contribution in [0.1, 0.15) is 19.3 Å². The van der Waals surface area contributed by atoms with E-state index >= 15 is 0 Å². The van der Waals surface area contributed by atoms with Crippen LogP contribution in [-0.4, -0.2) is 57.8 Å². The summed E-state index contributed by atoms with van der Waals surface area (Å²) in [7, 11) is 0. The molecule has 122 valence electrons. The number of aliphatic carboxylic acids is 3. The first-order chi connectivity index (χ1) is 9.57. The fourth-order valence-electron chi connectivity index (χ4n) is 0.944. The number of hydrogen-bond acceptors (Lipinski definition) is 6. The summed E-state index contributed by atoms with van der Waals surface area (Å²) in [4.78, 5) is 29.8. The molecule has 0 amide bonds. The Kier molecular flexibility index (Phi) is 11.4. The molecule has 11 heteroatoms. The van der Waals surface area contributed by atoms with Crippen LogP contribution in [0.5, 0.6) is 0 Å². The van der Waals surface area contributed by atoms with Crippen molar-refractivity contribution >= 4 is 23.9 Å². The molecule has 0 heterocycles. The molecule has 0 spiro atoms. The van der Waals surface area contributed by atoms with E-state index in [1.807, 2.05) is 0 Å². The van der Waals surface area contributed by atoms with Crippen molar-refractivity contribution in [1.29, 1.82) is 5.41 Å². The molecule has 2 atom stereocenters. The van der Waals surface area contributed by atoms with Gasteiger partial charge in [-0.2, -0.15) is 0 Å². The van der Waals surface area contributed by atoms with Crippen LogP contribution in [0.25, 0.3) is 0 Å². The first-order valence-corrected chi connectivity index (χ1v) is 5.84. The Morgan fingerprint density at radius 3 is 1.81 bits per heavy atom. The minimum Gasteiger partial charge on any atom is -0.481 e. The second kappa shape index (κ2) is 11.4. The quantitative estimate of drug-likeness (QED) is 0.134. The molecule has 0 aromatic rings. The van der Waals surface area contributed by atoms with E-state index in [9.17, 15) is 14.4 Å². The summed E-state index contributed by atoms with van der Waals surface area (Å²) in [5.41, 5.74) is 15.1. The molecule has 11 nitrogen and oxygen atoms in total. The van der Waals surface area contributed by atoms with E-state index in [-0.39, 0.29) is 5.96 Å². The van der Waals surface area contributed by atoms with Gasteiger partial charge in [0.2, 0.25) is 0 Å². The Labute approximate surface area is 120 Å². The SMILES string of the molecule is N=C(N)NCCC[C@H](N)C(=O)O.N[C@@H](CC(=O)O)C(=O)O. The molecule has 0 aliphatic carbocycles. The second-order valence-electron chi connectivity index (χ2n) is 3.97. The number of nitrogens with one attached hydrogen (secondary N) is 2. The Hall–Kier alpha value is -2.40. The molecule has 0 unspecified atom stereocenters. The highest BCUT2D eigenvalue weighted by Gasteiger charge is 2.14. The van der Waals surface area contributed by atoms with E-state index in [4.69, 9.17) is 37.9 Å². The van der Waals surface area contributed by atoms with Crippen molar-refractivity contribution in [3.05, 3.63) is 0 Å². The van der Waals surface area contributed by atoms with Crippen molar-refractivity contribution in [2.45, 2.75) is 31.3 Å². The van der Waals surface area contributed by atoms with Crippen molar-refractivity contribution in [3.8, 4) is 0 Å². The van der Waals surface area contributed by atoms with Gasteiger partial charge >= 0.3 is 17.9 Å². The molecule has 0 aliphatic rings. The Bertz CT molecular complexity index is 375. The third-order valence-corrected chi connectivity index (χ3v) is 2.04. The number of rotatable bonds is 8. The number of nitrogens with two attached hydrogens (primary N) is 3. The van der Waals surface area contributed by atoms with Crippen molar-refractivity contribution < 1.29 is 29.7 Å². The van der Waals surface area contributed by atoms with Crippen molar-refractivity contribution in [2.24, 2.45) is 17.2 Å². The average Bonchev–Trinajstić information content (AvgIpc) is 2.33. The van der Waals surface area contributed by atoms with Crippen LogP contribution in [0.3, 0.4) is 0 Å². The molecular weight excluding hydrogens is 286 g/mol. The van der Waals surface area contributed by atoms with Crippen LogP contribution in [0.4, 0.5) is 0 Å². The zero-order chi connectivity index (χ0) is 17.0. The molecule has 0 saturated heterocycles. The maximum atomic E-state index is 10.2. The van der Waals surface area contributed by atoms with E-state index in [1.165, 1.54) is 0 Å². The highest BCUT2D eigenvalue weighted by atomic mass is 16.4. The van der Waals surface area contributed by atoms with Gasteiger partial charge in [-0.15, -0.1) is 0 Å². The summed E-state index contributed by atoms with van der Waals surface area (Å²) < 4.78 is 0. The van der Waals surface area contributed by atoms with Gasteiger partial charge in [0.15, 0.2) is 5.96 Å². The predicted octanol–water partition coefficient (Wildman–Crippen LogP) is -2.47. The highest BCUT2D eigenvalue weighted by Crippen LogP contribution is 1.92. The van der Waals surface area contributed by atoms with Gasteiger partial charge in [0, 0.05) is 6.54 Å². The predicted molar refractivity (Wildman–Crippen MR) is 72.6 cm³/mol. The fraction of sp³-hybridized carbons (Fsp3) is 0.600. The van der Waals surface area contributed by atoms with Gasteiger partial charge in [0.25, 0.3) is 0 Å². The molecule has 0 fully saturated rings. The van der Waals surface area contributed by atoms with Crippen LogP contribution < -0.4 is 22.5 Å². The first-order valence-electron chi connectivity index (χ1n) is 5.84. The van der Waals surface area contributed by atoms with Gasteiger partial charge in [0.05, 0.1) is 6.42 Å². The zero-order valence-corrected chi connectivity index (χ0v) is 11.3. The van der Waals surface area contributed by atoms with Crippen LogP contribution in [0.15, 0.2) is 0 Å². The molecule has 0 saturated carbocycles. The third kappa shape index (κ3) is 15.5. The van der Waals surface area contributed by atoms with Gasteiger partial charge in [0.1, 0.15) is 12.1 Å². The molecule has 0 aromatic carbocycles. The van der Waals surface area contributed by atoms with E-state index in [0.29, 0.717) is 19.4 Å². The summed E-state index contributed by atoms with van der Waals surface area (Å²) in [6.07, 6.45) is 0.442. The van der Waals surface area contributed by atoms with Gasteiger partial charge in [-0.05, 0) is 12.8 Å². The second-order valence-corrected chi connectivity index (χ2v) is 3.97. The van der Waals surface area contributed by atoms with E-state index < -0.39 is 36.4 Å². The summed E-state index contributed by atoms with van der Waals surface area (Å²) in [6.45, 7) is 0.482. The maximum absolute atomic E-state index is 10.2. The monoisotopic (exact) mass is 307 g/mol. The lowest BCUT2D eigenvalue weighted by molar-refractivity contribution is -0.144. The molecular formula is C10H21N5O6. The molecule has 0 rings (SSSR count). The number of carbonyl (C=O) groups is 3. The molecule has 11 N–H and O–H groups in total. The first kappa shape index (κ1) is 20.9. The number of hydrogen-bond donors (Lipinski definition) is 8. The van der Waals surface area contributed by atoms with Crippen molar-refractivity contribution in [1.82, 2.24) is 5.32 Å². The van der Waals surface area contributed by atoms with Crippen LogP contribution in [-0.2, 0) is 14.4 Å². The zero-order valence-electron chi connectivity index (χ0n) is 11.3. The molecule has 0 radical (unpaired) electrons. The molecule has 21 heavy (non-hydrogen) atoms. The summed E-state index contributed by atoms with van der Waals surface area (Å²) in [5, 5.41) is 33.7. The largest absolute Gasteiger partial charge is 0.481 e. The van der Waals surface area contributed by atoms with Crippen molar-refractivity contribution in [3.63, 3.8) is 0 Å². The highest BCUT2D eigenvalue weighted by molar-refractivity contribution is 5.80. The van der Waals surface area contributed by atoms with E-state index in [2.05, 4.69) is 5.32 Å². The standard InChI is InChI=1S/C6H14N4O2.C4H7NO4/c7-4(5(11)12)2-1-3-10-6(8)9;5-2(4(8)9)1-3(6)7/h4H,1-3,7H2,(H,11,12)(H4,8,9,10);2H,1,5H2,(H,6,7)(H,8,9)/t4-;2-/m00/s1. The van der Waals surface area contributed by atoms with Gasteiger partial charge in [-0.1, -0.05) is 0 Å². The van der Waals surface area contributed by atoms with Gasteiger partial charge in [-0.25, -0.2) is 0 Å². The van der Waals surface area contributed by atoms with Crippen LogP contribution in [0, 0.1) is 5.41 Å². The minimum absolute atomic E-state index is 0.112. The molecule has 0 aromatic heterocycles. The Morgan fingerprint density at radius 1 is 1.05 bits per heavy atom. The summed E-state index contributed by atoms with van der Waals surface area (Å²) in [5.74, 6) is -3.61. The fourth-order valence-corrected chi connectivity index (χ4v) is 0.944. The number of carboxylic acids is 3. The maximum Gasteiger partial charge on any atom is 0.321 e. The van der Waals surface area contributed by atoms with Crippen LogP contribution >= 0.6 is 0 Å². The minimum atomic E-state index is -1.29.